The van der Waals surface area contributed by atoms with Gasteiger partial charge in [-0.2, -0.15) is 5.10 Å². The van der Waals surface area contributed by atoms with Gasteiger partial charge >= 0.3 is 5.97 Å². The fraction of sp³-hybridized carbons (Fsp3) is 0.308. The molecule has 0 aliphatic heterocycles. The highest BCUT2D eigenvalue weighted by Crippen LogP contribution is 2.47. The summed E-state index contributed by atoms with van der Waals surface area (Å²) in [6.07, 6.45) is 2.89. The van der Waals surface area contributed by atoms with E-state index in [1.807, 2.05) is 43.5 Å². The number of benzene rings is 2. The van der Waals surface area contributed by atoms with Crippen molar-refractivity contribution >= 4 is 16.9 Å². The summed E-state index contributed by atoms with van der Waals surface area (Å²) in [5.41, 5.74) is 7.27. The predicted molar refractivity (Wildman–Crippen MR) is 124 cm³/mol. The number of hydrogen-bond donors (Lipinski definition) is 1. The van der Waals surface area contributed by atoms with E-state index in [-0.39, 0.29) is 11.4 Å². The van der Waals surface area contributed by atoms with Gasteiger partial charge in [-0.15, -0.1) is 0 Å². The highest BCUT2D eigenvalue weighted by atomic mass is 16.5. The molecule has 5 rings (SSSR count). The summed E-state index contributed by atoms with van der Waals surface area (Å²) < 4.78 is 12.9. The summed E-state index contributed by atoms with van der Waals surface area (Å²) >= 11 is 0. The molecule has 0 radical (unpaired) electrons. The van der Waals surface area contributed by atoms with Gasteiger partial charge in [0, 0.05) is 29.2 Å². The van der Waals surface area contributed by atoms with E-state index >= 15 is 0 Å². The van der Waals surface area contributed by atoms with Crippen LogP contribution >= 0.6 is 0 Å². The van der Waals surface area contributed by atoms with Crippen LogP contribution in [0.2, 0.25) is 0 Å². The van der Waals surface area contributed by atoms with Gasteiger partial charge < -0.3 is 14.0 Å². The number of nitrogens with one attached hydrogen (secondary N) is 1. The zero-order chi connectivity index (χ0) is 22.5. The van der Waals surface area contributed by atoms with E-state index in [2.05, 4.69) is 40.7 Å². The van der Waals surface area contributed by atoms with Crippen LogP contribution in [0.5, 0.6) is 5.75 Å². The number of rotatable bonds is 5. The number of aromatic amines is 1. The van der Waals surface area contributed by atoms with Crippen LogP contribution in [0.1, 0.15) is 47.8 Å². The highest BCUT2D eigenvalue weighted by molar-refractivity contribution is 6.00. The second-order valence-corrected chi connectivity index (χ2v) is 8.93. The van der Waals surface area contributed by atoms with Crippen LogP contribution in [0.3, 0.4) is 0 Å². The van der Waals surface area contributed by atoms with Gasteiger partial charge in [0.1, 0.15) is 11.4 Å². The quantitative estimate of drug-likeness (QED) is 0.448. The molecule has 4 aromatic rings. The molecule has 164 valence electrons. The van der Waals surface area contributed by atoms with Crippen molar-refractivity contribution in [1.29, 1.82) is 0 Å². The largest absolute Gasteiger partial charge is 0.497 e. The van der Waals surface area contributed by atoms with Crippen LogP contribution in [-0.4, -0.2) is 34.5 Å². The Morgan fingerprint density at radius 3 is 2.69 bits per heavy atom. The molecular weight excluding hydrogens is 402 g/mol. The van der Waals surface area contributed by atoms with E-state index in [0.717, 1.165) is 34.5 Å². The first-order valence-corrected chi connectivity index (χ1v) is 10.9. The monoisotopic (exact) mass is 429 g/mol. The van der Waals surface area contributed by atoms with E-state index in [0.29, 0.717) is 18.7 Å². The van der Waals surface area contributed by atoms with Crippen LogP contribution in [-0.2, 0) is 23.1 Å². The lowest BCUT2D eigenvalue weighted by atomic mass is 9.73. The molecule has 0 spiro atoms. The number of aromatic nitrogens is 3. The van der Waals surface area contributed by atoms with Crippen molar-refractivity contribution < 1.29 is 14.3 Å². The number of fused-ring (bicyclic) bond motifs is 5. The molecule has 2 heterocycles. The number of ether oxygens (including phenoxy) is 2. The van der Waals surface area contributed by atoms with Gasteiger partial charge in [-0.3, -0.25) is 5.10 Å². The maximum absolute atomic E-state index is 12.5. The van der Waals surface area contributed by atoms with Crippen molar-refractivity contribution in [2.75, 3.05) is 13.7 Å². The van der Waals surface area contributed by atoms with Crippen LogP contribution in [0.25, 0.3) is 22.3 Å². The number of carbonyl (C=O) groups is 1. The number of esters is 1. The Morgan fingerprint density at radius 2 is 1.97 bits per heavy atom. The number of methoxy groups -OCH3 is 1. The Balaban J connectivity index is 1.75. The van der Waals surface area contributed by atoms with Gasteiger partial charge in [-0.1, -0.05) is 26.0 Å². The molecule has 1 aliphatic rings. The predicted octanol–water partition coefficient (Wildman–Crippen LogP) is 5.10. The minimum absolute atomic E-state index is 0.108. The van der Waals surface area contributed by atoms with Crippen LogP contribution in [0, 0.1) is 0 Å². The lowest BCUT2D eigenvalue weighted by Crippen LogP contribution is -2.25. The Bertz CT molecular complexity index is 1310. The topological polar surface area (TPSA) is 69.1 Å². The molecule has 0 saturated carbocycles. The minimum atomic E-state index is -0.292. The van der Waals surface area contributed by atoms with E-state index < -0.39 is 0 Å². The molecular formula is C26H27N3O3. The minimum Gasteiger partial charge on any atom is -0.497 e. The van der Waals surface area contributed by atoms with Gasteiger partial charge in [0.05, 0.1) is 25.0 Å². The summed E-state index contributed by atoms with van der Waals surface area (Å²) in [5, 5.41) is 8.76. The third kappa shape index (κ3) is 3.18. The first-order chi connectivity index (χ1) is 15.4. The summed E-state index contributed by atoms with van der Waals surface area (Å²) in [6.45, 7) is 7.39. The molecule has 2 aromatic carbocycles. The van der Waals surface area contributed by atoms with Crippen molar-refractivity contribution in [3.63, 3.8) is 0 Å². The maximum atomic E-state index is 12.5. The molecule has 6 heteroatoms. The third-order valence-electron chi connectivity index (χ3n) is 6.33. The van der Waals surface area contributed by atoms with Gasteiger partial charge in [0.2, 0.25) is 0 Å². The number of carbonyl (C=O) groups excluding carboxylic acids is 1. The molecule has 2 aromatic heterocycles. The molecule has 1 aliphatic carbocycles. The van der Waals surface area contributed by atoms with Crippen molar-refractivity contribution in [2.45, 2.75) is 39.2 Å². The average molecular weight is 430 g/mol. The first kappa shape index (κ1) is 20.4. The van der Waals surface area contributed by atoms with Crippen molar-refractivity contribution in [3.05, 3.63) is 70.9 Å². The SMILES string of the molecule is CCOC(=O)c1ccc2c(c1)c1c(n2Cc2ccc(OC)cc2)-c2n[nH]cc2CC1(C)C. The normalized spacial score (nSPS) is 14.1. The zero-order valence-electron chi connectivity index (χ0n) is 18.9. The molecule has 32 heavy (non-hydrogen) atoms. The van der Waals surface area contributed by atoms with E-state index in [1.54, 1.807) is 7.11 Å². The Kier molecular flexibility index (Phi) is 4.81. The van der Waals surface area contributed by atoms with Gasteiger partial charge in [0.15, 0.2) is 0 Å². The molecule has 6 nitrogen and oxygen atoms in total. The van der Waals surface area contributed by atoms with Crippen LogP contribution < -0.4 is 4.74 Å². The lowest BCUT2D eigenvalue weighted by Gasteiger charge is -2.30. The Labute approximate surface area is 187 Å². The van der Waals surface area contributed by atoms with Crippen LogP contribution in [0.4, 0.5) is 0 Å². The maximum Gasteiger partial charge on any atom is 0.338 e. The van der Waals surface area contributed by atoms with Crippen molar-refractivity contribution in [2.24, 2.45) is 0 Å². The van der Waals surface area contributed by atoms with Crippen LogP contribution in [0.15, 0.2) is 48.7 Å². The average Bonchev–Trinajstić information content (AvgIpc) is 3.36. The second kappa shape index (κ2) is 7.55. The lowest BCUT2D eigenvalue weighted by molar-refractivity contribution is 0.0526. The van der Waals surface area contributed by atoms with Crippen molar-refractivity contribution in [3.8, 4) is 17.1 Å². The Hall–Kier alpha value is -3.54. The molecule has 0 bridgehead atoms. The standard InChI is InChI=1S/C26H27N3O3/c1-5-32-25(30)17-8-11-21-20(12-17)22-24(23-18(14-27-28-23)13-26(22,2)3)29(21)15-16-6-9-19(31-4)10-7-16/h6-12,14H,5,13,15H2,1-4H3,(H,27,28). The van der Waals surface area contributed by atoms with Gasteiger partial charge in [0.25, 0.3) is 0 Å². The summed E-state index contributed by atoms with van der Waals surface area (Å²) in [7, 11) is 1.67. The molecule has 0 saturated heterocycles. The van der Waals surface area contributed by atoms with E-state index in [4.69, 9.17) is 9.47 Å². The van der Waals surface area contributed by atoms with Crippen molar-refractivity contribution in [1.82, 2.24) is 14.8 Å². The molecule has 0 amide bonds. The summed E-state index contributed by atoms with van der Waals surface area (Å²) in [5.74, 6) is 0.545. The highest BCUT2D eigenvalue weighted by Gasteiger charge is 2.37. The molecule has 0 fully saturated rings. The number of nitrogens with zero attached hydrogens (tertiary/aromatic N) is 2. The Morgan fingerprint density at radius 1 is 1.19 bits per heavy atom. The first-order valence-electron chi connectivity index (χ1n) is 10.9. The summed E-state index contributed by atoms with van der Waals surface area (Å²) in [4.78, 5) is 12.5. The fourth-order valence-corrected chi connectivity index (χ4v) is 4.92. The van der Waals surface area contributed by atoms with Gasteiger partial charge in [-0.05, 0) is 60.2 Å². The smallest absolute Gasteiger partial charge is 0.338 e. The molecule has 0 unspecified atom stereocenters. The zero-order valence-corrected chi connectivity index (χ0v) is 18.9. The summed E-state index contributed by atoms with van der Waals surface area (Å²) in [6, 6.07) is 14.0. The molecule has 1 N–H and O–H groups in total. The number of hydrogen-bond acceptors (Lipinski definition) is 4. The van der Waals surface area contributed by atoms with E-state index in [9.17, 15) is 4.79 Å². The fourth-order valence-electron chi connectivity index (χ4n) is 4.92. The number of H-pyrrole nitrogens is 1. The van der Waals surface area contributed by atoms with Gasteiger partial charge in [-0.25, -0.2) is 4.79 Å². The second-order valence-electron chi connectivity index (χ2n) is 8.93. The van der Waals surface area contributed by atoms with E-state index in [1.165, 1.54) is 16.7 Å². The molecule has 0 atom stereocenters. The third-order valence-corrected chi connectivity index (χ3v) is 6.33.